The molecule has 0 spiro atoms. The van der Waals surface area contributed by atoms with Gasteiger partial charge in [-0.2, -0.15) is 0 Å². The van der Waals surface area contributed by atoms with E-state index in [1.54, 1.807) is 21.3 Å². The molecule has 1 heterocycles. The summed E-state index contributed by atoms with van der Waals surface area (Å²) in [6, 6.07) is 9.71. The molecule has 0 radical (unpaired) electrons. The molecular formula is C22H28O5. The first-order valence-corrected chi connectivity index (χ1v) is 9.40. The lowest BCUT2D eigenvalue weighted by Gasteiger charge is -2.27. The van der Waals surface area contributed by atoms with Crippen molar-refractivity contribution in [3.63, 3.8) is 0 Å². The maximum atomic E-state index is 9.88. The number of hydrogen-bond acceptors (Lipinski definition) is 5. The van der Waals surface area contributed by atoms with E-state index < -0.39 is 0 Å². The van der Waals surface area contributed by atoms with Crippen LogP contribution in [0.4, 0.5) is 0 Å². The second kappa shape index (κ2) is 9.00. The normalized spacial score (nSPS) is 17.4. The van der Waals surface area contributed by atoms with Crippen molar-refractivity contribution in [1.29, 1.82) is 0 Å². The summed E-state index contributed by atoms with van der Waals surface area (Å²) >= 11 is 0. The van der Waals surface area contributed by atoms with E-state index in [1.807, 2.05) is 24.3 Å². The molecular weight excluding hydrogens is 344 g/mol. The summed E-state index contributed by atoms with van der Waals surface area (Å²) in [7, 11) is 4.77. The second-order valence-electron chi connectivity index (χ2n) is 6.68. The molecule has 5 nitrogen and oxygen atoms in total. The smallest absolute Gasteiger partial charge is 0.203 e. The van der Waals surface area contributed by atoms with Crippen LogP contribution in [0.1, 0.15) is 42.1 Å². The van der Waals surface area contributed by atoms with E-state index in [2.05, 4.69) is 6.07 Å². The van der Waals surface area contributed by atoms with E-state index in [0.29, 0.717) is 23.9 Å². The van der Waals surface area contributed by atoms with Crippen molar-refractivity contribution in [2.45, 2.75) is 38.2 Å². The number of hydrogen-bond donors (Lipinski definition) is 1. The van der Waals surface area contributed by atoms with Crippen LogP contribution in [0.5, 0.6) is 23.0 Å². The van der Waals surface area contributed by atoms with E-state index in [9.17, 15) is 5.11 Å². The lowest BCUT2D eigenvalue weighted by molar-refractivity contribution is 0.114. The molecule has 2 aliphatic rings. The molecule has 1 N–H and O–H groups in total. The molecule has 5 heteroatoms. The molecule has 1 unspecified atom stereocenters. The van der Waals surface area contributed by atoms with Crippen molar-refractivity contribution in [1.82, 2.24) is 0 Å². The number of aryl methyl sites for hydroxylation is 1. The molecule has 1 aliphatic heterocycles. The Bertz CT molecular complexity index is 749. The fraction of sp³-hybridized carbons (Fsp3) is 0.455. The maximum absolute atomic E-state index is 9.88. The van der Waals surface area contributed by atoms with Gasteiger partial charge in [0.15, 0.2) is 11.5 Å². The highest BCUT2D eigenvalue weighted by Gasteiger charge is 2.24. The van der Waals surface area contributed by atoms with Crippen molar-refractivity contribution < 1.29 is 24.1 Å². The van der Waals surface area contributed by atoms with Gasteiger partial charge in [0.2, 0.25) is 5.75 Å². The Balaban J connectivity index is 0.000000161. The SMILES string of the molecule is COc1cccc(OC)c1OC.OC1CCOc2c1ccc1c2CCCC1. The highest BCUT2D eigenvalue weighted by atomic mass is 16.5. The lowest BCUT2D eigenvalue weighted by Crippen LogP contribution is -2.17. The molecule has 0 amide bonds. The minimum absolute atomic E-state index is 0.319. The van der Waals surface area contributed by atoms with Gasteiger partial charge in [0.1, 0.15) is 5.75 Å². The van der Waals surface area contributed by atoms with Gasteiger partial charge in [-0.25, -0.2) is 0 Å². The van der Waals surface area contributed by atoms with E-state index in [1.165, 1.54) is 30.4 Å². The molecule has 2 aromatic carbocycles. The second-order valence-corrected chi connectivity index (χ2v) is 6.68. The number of benzene rings is 2. The number of aliphatic hydroxyl groups is 1. The van der Waals surface area contributed by atoms with Crippen LogP contribution in [0.2, 0.25) is 0 Å². The molecule has 146 valence electrons. The number of ether oxygens (including phenoxy) is 4. The largest absolute Gasteiger partial charge is 0.493 e. The van der Waals surface area contributed by atoms with Gasteiger partial charge in [0.05, 0.1) is 34.0 Å². The van der Waals surface area contributed by atoms with Gasteiger partial charge in [-0.1, -0.05) is 18.2 Å². The molecule has 2 aromatic rings. The van der Waals surface area contributed by atoms with Gasteiger partial charge < -0.3 is 24.1 Å². The molecule has 4 rings (SSSR count). The molecule has 1 aliphatic carbocycles. The first kappa shape index (κ1) is 19.4. The highest BCUT2D eigenvalue weighted by Crippen LogP contribution is 2.39. The third-order valence-electron chi connectivity index (χ3n) is 5.09. The van der Waals surface area contributed by atoms with Gasteiger partial charge in [0.25, 0.3) is 0 Å². The Hall–Kier alpha value is -2.40. The Kier molecular flexibility index (Phi) is 6.45. The summed E-state index contributed by atoms with van der Waals surface area (Å²) in [5.74, 6) is 2.97. The number of para-hydroxylation sites is 1. The zero-order valence-corrected chi connectivity index (χ0v) is 16.3. The quantitative estimate of drug-likeness (QED) is 0.879. The predicted octanol–water partition coefficient (Wildman–Crippen LogP) is 4.09. The van der Waals surface area contributed by atoms with E-state index >= 15 is 0 Å². The van der Waals surface area contributed by atoms with Crippen molar-refractivity contribution >= 4 is 0 Å². The van der Waals surface area contributed by atoms with Gasteiger partial charge in [-0.3, -0.25) is 0 Å². The minimum atomic E-state index is -0.319. The zero-order valence-electron chi connectivity index (χ0n) is 16.3. The van der Waals surface area contributed by atoms with Crippen LogP contribution in [0, 0.1) is 0 Å². The summed E-state index contributed by atoms with van der Waals surface area (Å²) < 4.78 is 21.0. The van der Waals surface area contributed by atoms with Gasteiger partial charge in [0, 0.05) is 12.0 Å². The number of fused-ring (bicyclic) bond motifs is 3. The molecule has 0 fully saturated rings. The molecule has 0 saturated carbocycles. The average Bonchev–Trinajstić information content (AvgIpc) is 2.73. The Labute approximate surface area is 160 Å². The van der Waals surface area contributed by atoms with E-state index in [0.717, 1.165) is 24.2 Å². The molecule has 0 bridgehead atoms. The zero-order chi connectivity index (χ0) is 19.2. The molecule has 27 heavy (non-hydrogen) atoms. The Morgan fingerprint density at radius 1 is 0.926 bits per heavy atom. The summed E-state index contributed by atoms with van der Waals surface area (Å²) in [6.45, 7) is 0.657. The first-order chi connectivity index (χ1) is 13.2. The van der Waals surface area contributed by atoms with Crippen LogP contribution < -0.4 is 18.9 Å². The van der Waals surface area contributed by atoms with Crippen LogP contribution >= 0.6 is 0 Å². The number of methoxy groups -OCH3 is 3. The average molecular weight is 372 g/mol. The van der Waals surface area contributed by atoms with Crippen LogP contribution in [0.3, 0.4) is 0 Å². The Morgan fingerprint density at radius 3 is 2.30 bits per heavy atom. The van der Waals surface area contributed by atoms with Crippen LogP contribution in [0.25, 0.3) is 0 Å². The highest BCUT2D eigenvalue weighted by molar-refractivity contribution is 5.51. The van der Waals surface area contributed by atoms with Crippen LogP contribution in [-0.2, 0) is 12.8 Å². The van der Waals surface area contributed by atoms with Crippen molar-refractivity contribution in [3.8, 4) is 23.0 Å². The molecule has 1 atom stereocenters. The van der Waals surface area contributed by atoms with Crippen molar-refractivity contribution in [2.24, 2.45) is 0 Å². The maximum Gasteiger partial charge on any atom is 0.203 e. The fourth-order valence-electron chi connectivity index (χ4n) is 3.69. The van der Waals surface area contributed by atoms with Gasteiger partial charge in [-0.15, -0.1) is 0 Å². The predicted molar refractivity (Wildman–Crippen MR) is 104 cm³/mol. The van der Waals surface area contributed by atoms with Crippen molar-refractivity contribution in [3.05, 3.63) is 47.0 Å². The topological polar surface area (TPSA) is 57.2 Å². The Morgan fingerprint density at radius 2 is 1.63 bits per heavy atom. The summed E-state index contributed by atoms with van der Waals surface area (Å²) in [5.41, 5.74) is 3.79. The summed E-state index contributed by atoms with van der Waals surface area (Å²) in [6.07, 6.45) is 5.23. The summed E-state index contributed by atoms with van der Waals surface area (Å²) in [5, 5.41) is 9.88. The van der Waals surface area contributed by atoms with Crippen molar-refractivity contribution in [2.75, 3.05) is 27.9 Å². The molecule has 0 aromatic heterocycles. The number of aliphatic hydroxyl groups excluding tert-OH is 1. The van der Waals surface area contributed by atoms with Crippen LogP contribution in [-0.4, -0.2) is 33.0 Å². The third-order valence-corrected chi connectivity index (χ3v) is 5.09. The lowest BCUT2D eigenvalue weighted by atomic mass is 9.87. The van der Waals surface area contributed by atoms with E-state index in [4.69, 9.17) is 18.9 Å². The standard InChI is InChI=1S/C13H16O2.C9H12O3/c14-12-7-8-15-13-10-4-2-1-3-9(10)5-6-11(12)13;1-10-7-5-4-6-8(11-2)9(7)12-3/h5-6,12,14H,1-4,7-8H2;4-6H,1-3H3. The fourth-order valence-corrected chi connectivity index (χ4v) is 3.69. The summed E-state index contributed by atoms with van der Waals surface area (Å²) in [4.78, 5) is 0. The van der Waals surface area contributed by atoms with Crippen LogP contribution in [0.15, 0.2) is 30.3 Å². The monoisotopic (exact) mass is 372 g/mol. The van der Waals surface area contributed by atoms with Gasteiger partial charge >= 0.3 is 0 Å². The minimum Gasteiger partial charge on any atom is -0.493 e. The number of rotatable bonds is 3. The van der Waals surface area contributed by atoms with Gasteiger partial charge in [-0.05, 0) is 48.9 Å². The molecule has 0 saturated heterocycles. The van der Waals surface area contributed by atoms with E-state index in [-0.39, 0.29) is 6.10 Å². The third kappa shape index (κ3) is 4.14. The first-order valence-electron chi connectivity index (χ1n) is 9.40.